The number of benzene rings is 1. The number of piperazine rings is 1. The van der Waals surface area contributed by atoms with Crippen molar-refractivity contribution in [2.75, 3.05) is 19.6 Å². The number of hydrogen-bond donors (Lipinski definition) is 2. The topological polar surface area (TPSA) is 90.7 Å². The summed E-state index contributed by atoms with van der Waals surface area (Å²) in [5, 5.41) is 18.8. The van der Waals surface area contributed by atoms with Crippen molar-refractivity contribution in [1.29, 1.82) is 0 Å². The molecule has 206 valence electrons. The first-order chi connectivity index (χ1) is 18.4. The van der Waals surface area contributed by atoms with Gasteiger partial charge in [-0.25, -0.2) is 4.68 Å². The van der Waals surface area contributed by atoms with Crippen molar-refractivity contribution < 1.29 is 14.7 Å². The molecule has 0 bridgehead atoms. The van der Waals surface area contributed by atoms with Crippen molar-refractivity contribution in [2.24, 2.45) is 5.92 Å². The van der Waals surface area contributed by atoms with E-state index in [0.717, 1.165) is 69.5 Å². The van der Waals surface area contributed by atoms with Gasteiger partial charge < -0.3 is 15.3 Å². The third-order valence-electron chi connectivity index (χ3n) is 9.16. The van der Waals surface area contributed by atoms with Gasteiger partial charge in [-0.3, -0.25) is 14.5 Å². The number of piperidine rings is 1. The summed E-state index contributed by atoms with van der Waals surface area (Å²) >= 11 is 0. The minimum Gasteiger partial charge on any atom is -0.390 e. The number of para-hydroxylation sites is 1. The van der Waals surface area contributed by atoms with Gasteiger partial charge in [0.05, 0.1) is 18.0 Å². The van der Waals surface area contributed by atoms with E-state index < -0.39 is 17.7 Å². The molecule has 1 spiro atoms. The molecular weight excluding hydrogens is 478 g/mol. The maximum atomic E-state index is 13.8. The van der Waals surface area contributed by atoms with Crippen LogP contribution in [-0.4, -0.2) is 73.8 Å². The van der Waals surface area contributed by atoms with Gasteiger partial charge in [-0.2, -0.15) is 5.10 Å². The summed E-state index contributed by atoms with van der Waals surface area (Å²) in [6, 6.07) is 9.31. The van der Waals surface area contributed by atoms with Gasteiger partial charge in [-0.05, 0) is 57.1 Å². The van der Waals surface area contributed by atoms with Gasteiger partial charge in [0.25, 0.3) is 0 Å². The molecule has 8 nitrogen and oxygen atoms in total. The Labute approximate surface area is 226 Å². The molecule has 2 aliphatic heterocycles. The third kappa shape index (κ3) is 5.13. The summed E-state index contributed by atoms with van der Waals surface area (Å²) in [6.45, 7) is 7.00. The highest BCUT2D eigenvalue weighted by atomic mass is 16.3. The molecule has 2 aromatic rings. The lowest BCUT2D eigenvalue weighted by Crippen LogP contribution is -2.75. The summed E-state index contributed by atoms with van der Waals surface area (Å²) < 4.78 is 1.97. The van der Waals surface area contributed by atoms with Crippen molar-refractivity contribution in [1.82, 2.24) is 24.9 Å². The molecule has 2 atom stereocenters. The fourth-order valence-electron chi connectivity index (χ4n) is 6.71. The molecule has 3 fully saturated rings. The molecule has 1 aliphatic carbocycles. The van der Waals surface area contributed by atoms with E-state index in [-0.39, 0.29) is 17.7 Å². The molecule has 38 heavy (non-hydrogen) atoms. The van der Waals surface area contributed by atoms with Gasteiger partial charge >= 0.3 is 0 Å². The van der Waals surface area contributed by atoms with Crippen LogP contribution in [0.1, 0.15) is 76.0 Å². The molecule has 3 heterocycles. The maximum absolute atomic E-state index is 13.8. The van der Waals surface area contributed by atoms with Crippen molar-refractivity contribution in [3.8, 4) is 5.69 Å². The highest BCUT2D eigenvalue weighted by Crippen LogP contribution is 2.36. The number of hydrogen-bond acceptors (Lipinski definition) is 5. The number of amides is 2. The van der Waals surface area contributed by atoms with E-state index in [2.05, 4.69) is 41.3 Å². The van der Waals surface area contributed by atoms with E-state index in [1.54, 1.807) is 0 Å². The second kappa shape index (κ2) is 11.6. The molecule has 0 unspecified atom stereocenters. The van der Waals surface area contributed by atoms with Gasteiger partial charge in [0.2, 0.25) is 11.8 Å². The average molecular weight is 522 g/mol. The SMILES string of the molecule is CCCCN1C(=O)[C@@H]([C@H](O)C2CCCCC2)NC(=O)C12CCN(Cc1cnn(-c3ccccc3)c1C)CC2. The minimum absolute atomic E-state index is 0.0826. The van der Waals surface area contributed by atoms with E-state index in [0.29, 0.717) is 19.4 Å². The van der Waals surface area contributed by atoms with Crippen LogP contribution in [0.5, 0.6) is 0 Å². The molecule has 0 radical (unpaired) electrons. The second-order valence-corrected chi connectivity index (χ2v) is 11.5. The molecular formula is C30H43N5O3. The normalized spacial score (nSPS) is 23.6. The number of nitrogens with one attached hydrogen (secondary N) is 1. The zero-order chi connectivity index (χ0) is 26.7. The van der Waals surface area contributed by atoms with Crippen LogP contribution in [0.25, 0.3) is 5.69 Å². The molecule has 2 N–H and O–H groups in total. The number of aromatic nitrogens is 2. The minimum atomic E-state index is -0.825. The predicted octanol–water partition coefficient (Wildman–Crippen LogP) is 3.58. The molecule has 1 aromatic heterocycles. The first-order valence-electron chi connectivity index (χ1n) is 14.6. The van der Waals surface area contributed by atoms with Gasteiger partial charge in [-0.15, -0.1) is 0 Å². The summed E-state index contributed by atoms with van der Waals surface area (Å²) in [7, 11) is 0. The first kappa shape index (κ1) is 26.9. The third-order valence-corrected chi connectivity index (χ3v) is 9.16. The first-order valence-corrected chi connectivity index (χ1v) is 14.6. The van der Waals surface area contributed by atoms with E-state index in [4.69, 9.17) is 0 Å². The molecule has 2 amide bonds. The Kier molecular flexibility index (Phi) is 8.19. The number of nitrogens with zero attached hydrogens (tertiary/aromatic N) is 4. The summed E-state index contributed by atoms with van der Waals surface area (Å²) in [5.74, 6) is -0.0905. The number of carbonyl (C=O) groups is 2. The van der Waals surface area contributed by atoms with Gasteiger partial charge in [0.1, 0.15) is 11.6 Å². The van der Waals surface area contributed by atoms with Crippen molar-refractivity contribution in [2.45, 2.75) is 95.9 Å². The Balaban J connectivity index is 1.28. The number of rotatable bonds is 8. The smallest absolute Gasteiger partial charge is 0.248 e. The Morgan fingerprint density at radius 1 is 1.11 bits per heavy atom. The second-order valence-electron chi connectivity index (χ2n) is 11.5. The quantitative estimate of drug-likeness (QED) is 0.554. The zero-order valence-electron chi connectivity index (χ0n) is 22.9. The fourth-order valence-corrected chi connectivity index (χ4v) is 6.71. The Hall–Kier alpha value is -2.71. The number of aliphatic hydroxyl groups excluding tert-OH is 1. The summed E-state index contributed by atoms with van der Waals surface area (Å²) in [5.41, 5.74) is 2.51. The van der Waals surface area contributed by atoms with E-state index in [1.165, 1.54) is 12.0 Å². The number of likely N-dealkylation sites (tertiary alicyclic amines) is 1. The Morgan fingerprint density at radius 2 is 1.82 bits per heavy atom. The van der Waals surface area contributed by atoms with Crippen LogP contribution >= 0.6 is 0 Å². The molecule has 1 saturated carbocycles. The molecule has 8 heteroatoms. The van der Waals surface area contributed by atoms with Crippen molar-refractivity contribution in [3.63, 3.8) is 0 Å². The Bertz CT molecular complexity index is 1100. The summed E-state index contributed by atoms with van der Waals surface area (Å²) in [4.78, 5) is 31.7. The van der Waals surface area contributed by atoms with Crippen LogP contribution in [0.4, 0.5) is 0 Å². The fraction of sp³-hybridized carbons (Fsp3) is 0.633. The van der Waals surface area contributed by atoms with Crippen LogP contribution in [0.2, 0.25) is 0 Å². The highest BCUT2D eigenvalue weighted by molar-refractivity contribution is 6.00. The van der Waals surface area contributed by atoms with E-state index >= 15 is 0 Å². The lowest BCUT2D eigenvalue weighted by Gasteiger charge is -2.52. The van der Waals surface area contributed by atoms with E-state index in [1.807, 2.05) is 34.0 Å². The maximum Gasteiger partial charge on any atom is 0.248 e. The molecule has 5 rings (SSSR count). The van der Waals surface area contributed by atoms with Crippen LogP contribution < -0.4 is 5.32 Å². The molecule has 3 aliphatic rings. The lowest BCUT2D eigenvalue weighted by molar-refractivity contribution is -0.166. The van der Waals surface area contributed by atoms with Gasteiger partial charge in [0.15, 0.2) is 0 Å². The van der Waals surface area contributed by atoms with Gasteiger partial charge in [-0.1, -0.05) is 50.8 Å². The van der Waals surface area contributed by atoms with Crippen LogP contribution in [0.3, 0.4) is 0 Å². The Morgan fingerprint density at radius 3 is 2.50 bits per heavy atom. The standard InChI is InChI=1S/C30H43N5O3/c1-3-4-17-34-28(37)26(27(36)23-11-7-5-8-12-23)32-29(38)30(34)15-18-33(19-16-30)21-24-20-31-35(22(24)2)25-13-9-6-10-14-25/h6,9-10,13-14,20,23,26-27,36H,3-5,7-8,11-12,15-19,21H2,1-2H3,(H,32,38)/t26-,27-/m1/s1. The highest BCUT2D eigenvalue weighted by Gasteiger charge is 2.55. The van der Waals surface area contributed by atoms with Crippen molar-refractivity contribution >= 4 is 11.8 Å². The number of unbranched alkanes of at least 4 members (excludes halogenated alkanes) is 1. The zero-order valence-corrected chi connectivity index (χ0v) is 22.9. The average Bonchev–Trinajstić information content (AvgIpc) is 3.32. The van der Waals surface area contributed by atoms with E-state index in [9.17, 15) is 14.7 Å². The predicted molar refractivity (Wildman–Crippen MR) is 147 cm³/mol. The molecule has 1 aromatic carbocycles. The summed E-state index contributed by atoms with van der Waals surface area (Å²) in [6.07, 6.45) is 9.35. The van der Waals surface area contributed by atoms with Crippen LogP contribution in [0.15, 0.2) is 36.5 Å². The number of carbonyl (C=O) groups excluding carboxylic acids is 2. The van der Waals surface area contributed by atoms with Gasteiger partial charge in [0, 0.05) is 37.4 Å². The van der Waals surface area contributed by atoms with Crippen molar-refractivity contribution in [3.05, 3.63) is 47.8 Å². The van der Waals surface area contributed by atoms with Crippen LogP contribution in [0, 0.1) is 12.8 Å². The number of aliphatic hydroxyl groups is 1. The monoisotopic (exact) mass is 521 g/mol. The van der Waals surface area contributed by atoms with Crippen LogP contribution in [-0.2, 0) is 16.1 Å². The largest absolute Gasteiger partial charge is 0.390 e. The lowest BCUT2D eigenvalue weighted by atomic mass is 9.78. The molecule has 2 saturated heterocycles.